The van der Waals surface area contributed by atoms with Crippen LogP contribution in [0.3, 0.4) is 0 Å². The fourth-order valence-electron chi connectivity index (χ4n) is 2.69. The number of halogens is 4. The number of amides is 1. The quantitative estimate of drug-likeness (QED) is 0.506. The third-order valence-corrected chi connectivity index (χ3v) is 4.80. The highest BCUT2D eigenvalue weighted by molar-refractivity contribution is 7.79. The number of hydrogen-bond donors (Lipinski definition) is 0. The summed E-state index contributed by atoms with van der Waals surface area (Å²) in [5.41, 5.74) is -1.79. The molecule has 0 radical (unpaired) electrons. The minimum absolute atomic E-state index is 0.128. The van der Waals surface area contributed by atoms with Crippen LogP contribution in [0.1, 0.15) is 25.0 Å². The summed E-state index contributed by atoms with van der Waals surface area (Å²) in [6, 6.07) is 9.97. The van der Waals surface area contributed by atoms with Gasteiger partial charge >= 0.3 is 6.18 Å². The van der Waals surface area contributed by atoms with Crippen molar-refractivity contribution in [3.05, 3.63) is 59.4 Å². The van der Waals surface area contributed by atoms with Crippen LogP contribution in [0.25, 0.3) is 0 Å². The van der Waals surface area contributed by atoms with Gasteiger partial charge in [0.25, 0.3) is 5.91 Å². The number of thiocarbonyl (C=S) groups is 1. The molecule has 0 aliphatic carbocycles. The molecule has 0 saturated heterocycles. The van der Waals surface area contributed by atoms with Gasteiger partial charge in [-0.3, -0.25) is 9.69 Å². The van der Waals surface area contributed by atoms with Gasteiger partial charge in [0.2, 0.25) is 0 Å². The molecule has 152 valence electrons. The molecular formula is C20H17F4N3OS. The Hall–Kier alpha value is -2.99. The third kappa shape index (κ3) is 4.54. The Labute approximate surface area is 171 Å². The molecule has 0 aromatic heterocycles. The van der Waals surface area contributed by atoms with E-state index in [-0.39, 0.29) is 5.69 Å². The molecule has 0 unspecified atom stereocenters. The lowest BCUT2D eigenvalue weighted by atomic mass is 9.99. The number of benzene rings is 2. The Balaban J connectivity index is 2.47. The van der Waals surface area contributed by atoms with E-state index >= 15 is 0 Å². The topological polar surface area (TPSA) is 47.3 Å². The van der Waals surface area contributed by atoms with E-state index in [2.05, 4.69) is 0 Å². The molecule has 0 spiro atoms. The average Bonchev–Trinajstić information content (AvgIpc) is 2.67. The van der Waals surface area contributed by atoms with Crippen LogP contribution in [0, 0.1) is 17.1 Å². The van der Waals surface area contributed by atoms with E-state index in [1.165, 1.54) is 35.2 Å². The van der Waals surface area contributed by atoms with Gasteiger partial charge in [0.1, 0.15) is 11.4 Å². The molecule has 2 aromatic carbocycles. The molecular weight excluding hydrogens is 406 g/mol. The minimum Gasteiger partial charge on any atom is -0.361 e. The largest absolute Gasteiger partial charge is 0.417 e. The Kier molecular flexibility index (Phi) is 6.28. The molecule has 0 N–H and O–H groups in total. The maximum Gasteiger partial charge on any atom is 0.417 e. The average molecular weight is 423 g/mol. The summed E-state index contributed by atoms with van der Waals surface area (Å²) in [6.45, 7) is 3.08. The Morgan fingerprint density at radius 1 is 1.14 bits per heavy atom. The van der Waals surface area contributed by atoms with Gasteiger partial charge in [-0.05, 0) is 50.2 Å². The molecule has 0 atom stereocenters. The summed E-state index contributed by atoms with van der Waals surface area (Å²) in [4.78, 5) is 15.6. The fraction of sp³-hybridized carbons (Fsp3) is 0.250. The van der Waals surface area contributed by atoms with Crippen LogP contribution >= 0.6 is 12.2 Å². The van der Waals surface area contributed by atoms with Crippen LogP contribution in [0.2, 0.25) is 0 Å². The molecule has 2 aromatic rings. The number of nitrogens with zero attached hydrogens (tertiary/aromatic N) is 3. The van der Waals surface area contributed by atoms with Gasteiger partial charge in [-0.2, -0.15) is 18.4 Å². The van der Waals surface area contributed by atoms with Crippen LogP contribution in [0.15, 0.2) is 42.5 Å². The lowest BCUT2D eigenvalue weighted by Crippen LogP contribution is -2.55. The number of rotatable bonds is 5. The lowest BCUT2D eigenvalue weighted by Gasteiger charge is -2.38. The zero-order valence-corrected chi connectivity index (χ0v) is 16.6. The Morgan fingerprint density at radius 3 is 2.31 bits per heavy atom. The van der Waals surface area contributed by atoms with Crippen LogP contribution in [0.4, 0.5) is 28.9 Å². The number of likely N-dealkylation sites (N-methyl/N-ethyl adjacent to an activating group) is 1. The molecule has 0 aliphatic heterocycles. The smallest absolute Gasteiger partial charge is 0.361 e. The first-order chi connectivity index (χ1) is 13.4. The first kappa shape index (κ1) is 22.3. The molecule has 0 heterocycles. The second kappa shape index (κ2) is 8.17. The van der Waals surface area contributed by atoms with Crippen LogP contribution in [0.5, 0.6) is 0 Å². The van der Waals surface area contributed by atoms with E-state index in [1.807, 2.05) is 0 Å². The number of alkyl halides is 3. The second-order valence-electron chi connectivity index (χ2n) is 6.72. The highest BCUT2D eigenvalue weighted by Gasteiger charge is 2.38. The summed E-state index contributed by atoms with van der Waals surface area (Å²) in [5, 5.41) is 8.93. The summed E-state index contributed by atoms with van der Waals surface area (Å²) >= 11 is 4.88. The van der Waals surface area contributed by atoms with Gasteiger partial charge in [-0.1, -0.05) is 18.3 Å². The fourth-order valence-corrected chi connectivity index (χ4v) is 2.90. The predicted molar refractivity (Wildman–Crippen MR) is 106 cm³/mol. The highest BCUT2D eigenvalue weighted by Crippen LogP contribution is 2.35. The van der Waals surface area contributed by atoms with Gasteiger partial charge in [-0.25, -0.2) is 4.39 Å². The van der Waals surface area contributed by atoms with Crippen molar-refractivity contribution in [1.82, 2.24) is 0 Å². The lowest BCUT2D eigenvalue weighted by molar-refractivity contribution is -0.137. The minimum atomic E-state index is -4.77. The van der Waals surface area contributed by atoms with E-state index in [0.29, 0.717) is 11.8 Å². The van der Waals surface area contributed by atoms with E-state index in [9.17, 15) is 22.4 Å². The van der Waals surface area contributed by atoms with Crippen molar-refractivity contribution in [2.24, 2.45) is 0 Å². The molecule has 29 heavy (non-hydrogen) atoms. The molecule has 0 bridgehead atoms. The van der Waals surface area contributed by atoms with E-state index in [1.54, 1.807) is 27.0 Å². The normalized spacial score (nSPS) is 11.5. The van der Waals surface area contributed by atoms with Crippen LogP contribution in [-0.4, -0.2) is 24.0 Å². The molecule has 1 amide bonds. The van der Waals surface area contributed by atoms with Gasteiger partial charge in [0.15, 0.2) is 0 Å². The SMILES string of the molecule is CN(c1cccc(F)c1)C(C)(C)C(=O)N(C=S)c1ccc(C#N)c(C(F)(F)F)c1. The summed E-state index contributed by atoms with van der Waals surface area (Å²) < 4.78 is 53.4. The van der Waals surface area contributed by atoms with Crippen molar-refractivity contribution in [1.29, 1.82) is 5.26 Å². The van der Waals surface area contributed by atoms with Crippen molar-refractivity contribution in [2.45, 2.75) is 25.6 Å². The van der Waals surface area contributed by atoms with Gasteiger partial charge in [0, 0.05) is 18.4 Å². The van der Waals surface area contributed by atoms with Crippen LogP contribution in [-0.2, 0) is 11.0 Å². The van der Waals surface area contributed by atoms with Crippen LogP contribution < -0.4 is 9.80 Å². The van der Waals surface area contributed by atoms with Crippen molar-refractivity contribution in [2.75, 3.05) is 16.8 Å². The Morgan fingerprint density at radius 2 is 1.79 bits per heavy atom. The highest BCUT2D eigenvalue weighted by atomic mass is 32.1. The number of carbonyl (C=O) groups excluding carboxylic acids is 1. The molecule has 0 aliphatic rings. The number of carbonyl (C=O) groups is 1. The van der Waals surface area contributed by atoms with Gasteiger partial charge in [0.05, 0.1) is 22.7 Å². The van der Waals surface area contributed by atoms with Crippen molar-refractivity contribution >= 4 is 35.0 Å². The molecule has 0 fully saturated rings. The number of nitriles is 1. The maximum atomic E-state index is 13.6. The van der Waals surface area contributed by atoms with E-state index < -0.39 is 34.6 Å². The molecule has 4 nitrogen and oxygen atoms in total. The van der Waals surface area contributed by atoms with E-state index in [0.717, 1.165) is 16.5 Å². The summed E-state index contributed by atoms with van der Waals surface area (Å²) in [5.74, 6) is -1.12. The number of anilines is 2. The molecule has 0 saturated carbocycles. The van der Waals surface area contributed by atoms with Gasteiger partial charge < -0.3 is 4.90 Å². The second-order valence-corrected chi connectivity index (χ2v) is 6.93. The molecule has 9 heteroatoms. The zero-order chi connectivity index (χ0) is 22.0. The Bertz CT molecular complexity index is 982. The maximum absolute atomic E-state index is 13.6. The van der Waals surface area contributed by atoms with Crippen molar-refractivity contribution < 1.29 is 22.4 Å². The van der Waals surface area contributed by atoms with Crippen molar-refractivity contribution in [3.63, 3.8) is 0 Å². The predicted octanol–water partition coefficient (Wildman–Crippen LogP) is 4.92. The zero-order valence-electron chi connectivity index (χ0n) is 15.8. The first-order valence-corrected chi connectivity index (χ1v) is 8.80. The van der Waals surface area contributed by atoms with Crippen molar-refractivity contribution in [3.8, 4) is 6.07 Å². The molecule has 2 rings (SSSR count). The number of hydrogen-bond acceptors (Lipinski definition) is 4. The monoisotopic (exact) mass is 423 g/mol. The standard InChI is InChI=1S/C20H17F4N3OS/c1-19(2,26(3)15-6-4-5-14(21)9-15)18(28)27(12-29)16-8-7-13(11-25)17(10-16)20(22,23)24/h4-10,12H,1-3H3. The van der Waals surface area contributed by atoms with Gasteiger partial charge in [-0.15, -0.1) is 0 Å². The van der Waals surface area contributed by atoms with E-state index in [4.69, 9.17) is 17.5 Å². The first-order valence-electron chi connectivity index (χ1n) is 8.33. The third-order valence-electron chi connectivity index (χ3n) is 4.59. The summed E-state index contributed by atoms with van der Waals surface area (Å²) in [6.07, 6.45) is -4.77. The summed E-state index contributed by atoms with van der Waals surface area (Å²) in [7, 11) is 1.56.